The van der Waals surface area contributed by atoms with Crippen molar-refractivity contribution in [2.45, 2.75) is 12.6 Å². The zero-order valence-electron chi connectivity index (χ0n) is 7.82. The molecule has 0 spiro atoms. The van der Waals surface area contributed by atoms with Gasteiger partial charge in [-0.3, -0.25) is 4.90 Å². The topological polar surface area (TPSA) is 12.5 Å². The van der Waals surface area contributed by atoms with Crippen LogP contribution in [0.3, 0.4) is 0 Å². The molecule has 0 bridgehead atoms. The van der Waals surface area contributed by atoms with E-state index in [1.54, 1.807) is 11.3 Å². The van der Waals surface area contributed by atoms with Crippen molar-refractivity contribution in [3.8, 4) is 0 Å². The van der Waals surface area contributed by atoms with Gasteiger partial charge in [0, 0.05) is 0 Å². The first-order valence-electron chi connectivity index (χ1n) is 4.13. The molecule has 1 aliphatic rings. The van der Waals surface area contributed by atoms with E-state index in [-0.39, 0.29) is 18.6 Å². The number of ether oxygens (including phenoxy) is 1. The Morgan fingerprint density at radius 3 is 3.00 bits per heavy atom. The lowest BCUT2D eigenvalue weighted by Gasteiger charge is -2.28. The van der Waals surface area contributed by atoms with Crippen LogP contribution >= 0.6 is 23.7 Å². The molecular weight excluding hydrogens is 206 g/mol. The maximum atomic E-state index is 5.66. The smallest absolute Gasteiger partial charge is 0.145 e. The van der Waals surface area contributed by atoms with Gasteiger partial charge in [-0.25, -0.2) is 0 Å². The van der Waals surface area contributed by atoms with Gasteiger partial charge >= 0.3 is 0 Å². The Bertz CT molecular complexity index is 274. The summed E-state index contributed by atoms with van der Waals surface area (Å²) in [6.45, 7) is 0.854. The summed E-state index contributed by atoms with van der Waals surface area (Å²) in [5, 5.41) is 2.15. The summed E-state index contributed by atoms with van der Waals surface area (Å²) in [7, 11) is 4.11. The van der Waals surface area contributed by atoms with Gasteiger partial charge in [-0.2, -0.15) is 0 Å². The number of halogens is 1. The lowest BCUT2D eigenvalue weighted by atomic mass is 10.1. The highest BCUT2D eigenvalue weighted by molar-refractivity contribution is 7.10. The second-order valence-corrected chi connectivity index (χ2v) is 4.19. The van der Waals surface area contributed by atoms with Crippen molar-refractivity contribution in [3.05, 3.63) is 21.9 Å². The van der Waals surface area contributed by atoms with Crippen molar-refractivity contribution < 1.29 is 4.74 Å². The summed E-state index contributed by atoms with van der Waals surface area (Å²) in [4.78, 5) is 3.50. The number of rotatable bonds is 1. The molecule has 0 amide bonds. The Kier molecular flexibility index (Phi) is 3.74. The van der Waals surface area contributed by atoms with E-state index in [0.29, 0.717) is 0 Å². The molecule has 74 valence electrons. The maximum absolute atomic E-state index is 5.66. The quantitative estimate of drug-likeness (QED) is 0.719. The van der Waals surface area contributed by atoms with Gasteiger partial charge in [0.05, 0.1) is 11.5 Å². The summed E-state index contributed by atoms with van der Waals surface area (Å²) in [5.74, 6) is 0. The van der Waals surface area contributed by atoms with E-state index in [4.69, 9.17) is 4.74 Å². The zero-order valence-corrected chi connectivity index (χ0v) is 9.45. The number of fused-ring (bicyclic) bond motifs is 1. The largest absolute Gasteiger partial charge is 0.358 e. The van der Waals surface area contributed by atoms with E-state index in [0.717, 1.165) is 13.0 Å². The van der Waals surface area contributed by atoms with Gasteiger partial charge in [0.25, 0.3) is 0 Å². The highest BCUT2D eigenvalue weighted by Crippen LogP contribution is 2.32. The molecule has 0 aromatic carbocycles. The molecule has 2 nitrogen and oxygen atoms in total. The third kappa shape index (κ3) is 2.05. The molecule has 1 aromatic heterocycles. The summed E-state index contributed by atoms with van der Waals surface area (Å²) in [5.41, 5.74) is 1.46. The predicted octanol–water partition coefficient (Wildman–Crippen LogP) is 2.30. The fraction of sp³-hybridized carbons (Fsp3) is 0.556. The normalized spacial score (nSPS) is 21.0. The number of hydrogen-bond acceptors (Lipinski definition) is 3. The third-order valence-electron chi connectivity index (χ3n) is 2.12. The molecule has 4 heteroatoms. The molecule has 1 aliphatic heterocycles. The molecule has 0 aliphatic carbocycles. The Morgan fingerprint density at radius 2 is 2.31 bits per heavy atom. The van der Waals surface area contributed by atoms with Crippen LogP contribution in [0, 0.1) is 0 Å². The van der Waals surface area contributed by atoms with Crippen molar-refractivity contribution in [2.75, 3.05) is 20.7 Å². The van der Waals surface area contributed by atoms with Gasteiger partial charge in [-0.15, -0.1) is 23.7 Å². The summed E-state index contributed by atoms with van der Waals surface area (Å²) in [6.07, 6.45) is 1.26. The Labute approximate surface area is 88.9 Å². The highest BCUT2D eigenvalue weighted by atomic mass is 35.5. The molecule has 1 atom stereocenters. The van der Waals surface area contributed by atoms with Crippen molar-refractivity contribution in [1.82, 2.24) is 4.90 Å². The van der Waals surface area contributed by atoms with Crippen LogP contribution in [-0.2, 0) is 11.2 Å². The van der Waals surface area contributed by atoms with Gasteiger partial charge in [0.2, 0.25) is 0 Å². The molecule has 2 rings (SSSR count). The van der Waals surface area contributed by atoms with E-state index >= 15 is 0 Å². The fourth-order valence-corrected chi connectivity index (χ4v) is 2.61. The first kappa shape index (κ1) is 11.0. The van der Waals surface area contributed by atoms with Crippen LogP contribution in [0.15, 0.2) is 11.4 Å². The van der Waals surface area contributed by atoms with Crippen LogP contribution in [0.1, 0.15) is 16.7 Å². The van der Waals surface area contributed by atoms with Crippen molar-refractivity contribution in [3.63, 3.8) is 0 Å². The molecule has 0 saturated carbocycles. The summed E-state index contributed by atoms with van der Waals surface area (Å²) >= 11 is 1.80. The number of hydrogen-bond donors (Lipinski definition) is 0. The van der Waals surface area contributed by atoms with E-state index < -0.39 is 0 Å². The fourth-order valence-electron chi connectivity index (χ4n) is 1.51. The van der Waals surface area contributed by atoms with Gasteiger partial charge in [-0.05, 0) is 37.5 Å². The SMILES string of the molecule is CN(C)C1OCCc2ccsc21.Cl. The molecule has 2 heterocycles. The van der Waals surface area contributed by atoms with Gasteiger partial charge in [-0.1, -0.05) is 0 Å². The standard InChI is InChI=1S/C9H13NOS.ClH/c1-10(2)9-8-7(3-5-11-9)4-6-12-8;/h4,6,9H,3,5H2,1-2H3;1H. The van der Waals surface area contributed by atoms with Gasteiger partial charge in [0.1, 0.15) is 6.23 Å². The second kappa shape index (κ2) is 4.42. The molecular formula is C9H14ClNOS. The molecule has 0 saturated heterocycles. The molecule has 13 heavy (non-hydrogen) atoms. The van der Waals surface area contributed by atoms with Crippen LogP contribution < -0.4 is 0 Å². The molecule has 0 N–H and O–H groups in total. The predicted molar refractivity (Wildman–Crippen MR) is 57.7 cm³/mol. The van der Waals surface area contributed by atoms with Crippen molar-refractivity contribution >= 4 is 23.7 Å². The van der Waals surface area contributed by atoms with Crippen LogP contribution in [-0.4, -0.2) is 25.6 Å². The van der Waals surface area contributed by atoms with E-state index in [1.165, 1.54) is 10.4 Å². The average molecular weight is 220 g/mol. The first-order chi connectivity index (χ1) is 5.79. The van der Waals surface area contributed by atoms with Gasteiger partial charge < -0.3 is 4.74 Å². The molecule has 1 unspecified atom stereocenters. The average Bonchev–Trinajstić information content (AvgIpc) is 2.49. The molecule has 0 radical (unpaired) electrons. The number of thiophene rings is 1. The van der Waals surface area contributed by atoms with Gasteiger partial charge in [0.15, 0.2) is 0 Å². The lowest BCUT2D eigenvalue weighted by molar-refractivity contribution is -0.0441. The van der Waals surface area contributed by atoms with E-state index in [2.05, 4.69) is 30.4 Å². The Morgan fingerprint density at radius 1 is 1.54 bits per heavy atom. The lowest BCUT2D eigenvalue weighted by Crippen LogP contribution is -2.26. The van der Waals surface area contributed by atoms with Crippen LogP contribution in [0.25, 0.3) is 0 Å². The van der Waals surface area contributed by atoms with Crippen LogP contribution in [0.4, 0.5) is 0 Å². The summed E-state index contributed by atoms with van der Waals surface area (Å²) in [6, 6.07) is 2.21. The van der Waals surface area contributed by atoms with Crippen molar-refractivity contribution in [1.29, 1.82) is 0 Å². The van der Waals surface area contributed by atoms with E-state index in [9.17, 15) is 0 Å². The maximum Gasteiger partial charge on any atom is 0.145 e. The first-order valence-corrected chi connectivity index (χ1v) is 5.01. The second-order valence-electron chi connectivity index (χ2n) is 3.25. The highest BCUT2D eigenvalue weighted by Gasteiger charge is 2.23. The molecule has 1 aromatic rings. The van der Waals surface area contributed by atoms with E-state index in [1.807, 2.05) is 0 Å². The van der Waals surface area contributed by atoms with Crippen molar-refractivity contribution in [2.24, 2.45) is 0 Å². The van der Waals surface area contributed by atoms with Crippen LogP contribution in [0.2, 0.25) is 0 Å². The summed E-state index contributed by atoms with van der Waals surface area (Å²) < 4.78 is 5.66. The Balaban J connectivity index is 0.000000845. The minimum Gasteiger partial charge on any atom is -0.358 e. The minimum absolute atomic E-state index is 0. The monoisotopic (exact) mass is 219 g/mol. The molecule has 0 fully saturated rings. The third-order valence-corrected chi connectivity index (χ3v) is 3.11. The zero-order chi connectivity index (χ0) is 8.55. The minimum atomic E-state index is 0. The number of nitrogens with zero attached hydrogens (tertiary/aromatic N) is 1. The van der Waals surface area contributed by atoms with Crippen LogP contribution in [0.5, 0.6) is 0 Å². The Hall–Kier alpha value is -0.0900.